The van der Waals surface area contributed by atoms with Crippen LogP contribution in [0.5, 0.6) is 0 Å². The van der Waals surface area contributed by atoms with Gasteiger partial charge in [-0.3, -0.25) is 4.99 Å². The highest BCUT2D eigenvalue weighted by atomic mass is 16.5. The van der Waals surface area contributed by atoms with Gasteiger partial charge in [-0.1, -0.05) is 30.3 Å². The Morgan fingerprint density at radius 1 is 1.24 bits per heavy atom. The molecule has 1 fully saturated rings. The van der Waals surface area contributed by atoms with E-state index in [1.165, 1.54) is 18.4 Å². The third-order valence-electron chi connectivity index (χ3n) is 4.29. The zero-order valence-electron chi connectivity index (χ0n) is 13.6. The summed E-state index contributed by atoms with van der Waals surface area (Å²) in [4.78, 5) is 4.29. The van der Waals surface area contributed by atoms with Gasteiger partial charge in [-0.25, -0.2) is 0 Å². The summed E-state index contributed by atoms with van der Waals surface area (Å²) in [6, 6.07) is 10.7. The van der Waals surface area contributed by atoms with Crippen LogP contribution in [0.4, 0.5) is 0 Å². The monoisotopic (exact) mass is 289 g/mol. The molecule has 1 aromatic rings. The van der Waals surface area contributed by atoms with E-state index in [0.29, 0.717) is 0 Å². The number of nitrogens with zero attached hydrogens (tertiary/aromatic N) is 1. The molecule has 1 saturated carbocycles. The Balaban J connectivity index is 1.87. The Labute approximate surface area is 128 Å². The predicted molar refractivity (Wildman–Crippen MR) is 87.8 cm³/mol. The van der Waals surface area contributed by atoms with Gasteiger partial charge >= 0.3 is 0 Å². The van der Waals surface area contributed by atoms with E-state index in [1.54, 1.807) is 14.2 Å². The van der Waals surface area contributed by atoms with E-state index in [2.05, 4.69) is 59.8 Å². The average molecular weight is 289 g/mol. The highest BCUT2D eigenvalue weighted by Gasteiger charge is 2.44. The van der Waals surface area contributed by atoms with Gasteiger partial charge in [0, 0.05) is 32.7 Å². The maximum atomic E-state index is 5.41. The topological polar surface area (TPSA) is 45.7 Å². The second-order valence-corrected chi connectivity index (χ2v) is 6.39. The van der Waals surface area contributed by atoms with Crippen LogP contribution >= 0.6 is 0 Å². The Morgan fingerprint density at radius 3 is 2.43 bits per heavy atom. The van der Waals surface area contributed by atoms with Crippen molar-refractivity contribution >= 4 is 5.96 Å². The molecule has 0 radical (unpaired) electrons. The molecule has 2 rings (SSSR count). The lowest BCUT2D eigenvalue weighted by Gasteiger charge is -2.25. The van der Waals surface area contributed by atoms with Crippen molar-refractivity contribution in [3.63, 3.8) is 0 Å². The van der Waals surface area contributed by atoms with Crippen LogP contribution in [0, 0.1) is 0 Å². The fourth-order valence-corrected chi connectivity index (χ4v) is 2.35. The van der Waals surface area contributed by atoms with E-state index >= 15 is 0 Å². The van der Waals surface area contributed by atoms with Crippen molar-refractivity contribution < 1.29 is 4.74 Å². The van der Waals surface area contributed by atoms with Gasteiger partial charge in [0.25, 0.3) is 0 Å². The van der Waals surface area contributed by atoms with Crippen LogP contribution in [0.15, 0.2) is 35.3 Å². The van der Waals surface area contributed by atoms with Crippen LogP contribution < -0.4 is 10.6 Å². The van der Waals surface area contributed by atoms with E-state index < -0.39 is 0 Å². The molecule has 0 bridgehead atoms. The molecular weight excluding hydrogens is 262 g/mol. The Hall–Kier alpha value is -1.55. The molecule has 0 amide bonds. The molecule has 0 atom stereocenters. The summed E-state index contributed by atoms with van der Waals surface area (Å²) in [5.41, 5.74) is 1.51. The number of guanidine groups is 1. The normalized spacial score (nSPS) is 17.4. The van der Waals surface area contributed by atoms with Crippen molar-refractivity contribution in [2.24, 2.45) is 4.99 Å². The fourth-order valence-electron chi connectivity index (χ4n) is 2.35. The largest absolute Gasteiger partial charge is 0.377 e. The molecule has 4 nitrogen and oxygen atoms in total. The van der Waals surface area contributed by atoms with Gasteiger partial charge in [0.1, 0.15) is 0 Å². The minimum atomic E-state index is -0.200. The summed E-state index contributed by atoms with van der Waals surface area (Å²) in [7, 11) is 3.53. The predicted octanol–water partition coefficient (Wildman–Crippen LogP) is 2.31. The van der Waals surface area contributed by atoms with Crippen molar-refractivity contribution in [3.05, 3.63) is 35.9 Å². The Kier molecular flexibility index (Phi) is 4.88. The van der Waals surface area contributed by atoms with Gasteiger partial charge in [-0.2, -0.15) is 0 Å². The first-order valence-electron chi connectivity index (χ1n) is 7.57. The van der Waals surface area contributed by atoms with Crippen molar-refractivity contribution in [2.75, 3.05) is 27.2 Å². The van der Waals surface area contributed by atoms with Crippen LogP contribution in [0.3, 0.4) is 0 Å². The zero-order chi connectivity index (χ0) is 15.3. The van der Waals surface area contributed by atoms with E-state index in [0.717, 1.165) is 19.0 Å². The SMILES string of the molecule is CN=C(NCC(C)(C)OC)NCC1(c2ccccc2)CC1. The van der Waals surface area contributed by atoms with E-state index in [-0.39, 0.29) is 11.0 Å². The number of rotatable bonds is 6. The van der Waals surface area contributed by atoms with E-state index in [4.69, 9.17) is 4.74 Å². The van der Waals surface area contributed by atoms with Crippen LogP contribution in [-0.4, -0.2) is 38.8 Å². The average Bonchev–Trinajstić information content (AvgIpc) is 3.29. The summed E-state index contributed by atoms with van der Waals surface area (Å²) >= 11 is 0. The smallest absolute Gasteiger partial charge is 0.191 e. The molecule has 0 unspecified atom stereocenters. The molecule has 116 valence electrons. The number of ether oxygens (including phenoxy) is 1. The first-order valence-corrected chi connectivity index (χ1v) is 7.57. The second-order valence-electron chi connectivity index (χ2n) is 6.39. The quantitative estimate of drug-likeness (QED) is 0.624. The summed E-state index contributed by atoms with van der Waals surface area (Å²) in [6.07, 6.45) is 2.48. The van der Waals surface area contributed by atoms with Crippen molar-refractivity contribution in [1.29, 1.82) is 0 Å². The zero-order valence-corrected chi connectivity index (χ0v) is 13.6. The summed E-state index contributed by atoms with van der Waals surface area (Å²) in [6.45, 7) is 5.75. The van der Waals surface area contributed by atoms with Gasteiger partial charge in [-0.05, 0) is 32.3 Å². The standard InChI is InChI=1S/C17H27N3O/c1-16(2,21-4)12-19-15(18-3)20-13-17(10-11-17)14-8-6-5-7-9-14/h5-9H,10-13H2,1-4H3,(H2,18,19,20). The van der Waals surface area contributed by atoms with Crippen LogP contribution in [-0.2, 0) is 10.2 Å². The highest BCUT2D eigenvalue weighted by molar-refractivity contribution is 5.79. The Morgan fingerprint density at radius 2 is 1.90 bits per heavy atom. The molecule has 21 heavy (non-hydrogen) atoms. The fraction of sp³-hybridized carbons (Fsp3) is 0.588. The van der Waals surface area contributed by atoms with Crippen molar-refractivity contribution in [1.82, 2.24) is 10.6 Å². The van der Waals surface area contributed by atoms with Gasteiger partial charge in [0.15, 0.2) is 5.96 Å². The third-order valence-corrected chi connectivity index (χ3v) is 4.29. The van der Waals surface area contributed by atoms with Crippen LogP contribution in [0.1, 0.15) is 32.3 Å². The van der Waals surface area contributed by atoms with Crippen LogP contribution in [0.25, 0.3) is 0 Å². The molecule has 0 spiro atoms. The molecule has 0 aliphatic heterocycles. The molecule has 0 saturated heterocycles. The highest BCUT2D eigenvalue weighted by Crippen LogP contribution is 2.47. The van der Waals surface area contributed by atoms with Gasteiger partial charge in [-0.15, -0.1) is 0 Å². The molecule has 0 aromatic heterocycles. The third kappa shape index (κ3) is 4.21. The Bertz CT molecular complexity index is 478. The first kappa shape index (κ1) is 15.8. The maximum absolute atomic E-state index is 5.41. The number of nitrogens with one attached hydrogen (secondary N) is 2. The number of benzene rings is 1. The minimum Gasteiger partial charge on any atom is -0.377 e. The number of hydrogen-bond donors (Lipinski definition) is 2. The lowest BCUT2D eigenvalue weighted by atomic mass is 9.96. The molecule has 1 aliphatic carbocycles. The van der Waals surface area contributed by atoms with Gasteiger partial charge in [0.2, 0.25) is 0 Å². The number of methoxy groups -OCH3 is 1. The molecular formula is C17H27N3O. The summed E-state index contributed by atoms with van der Waals surface area (Å²) < 4.78 is 5.41. The minimum absolute atomic E-state index is 0.200. The van der Waals surface area contributed by atoms with E-state index in [9.17, 15) is 0 Å². The number of hydrogen-bond acceptors (Lipinski definition) is 2. The lowest BCUT2D eigenvalue weighted by Crippen LogP contribution is -2.47. The molecule has 1 aliphatic rings. The van der Waals surface area contributed by atoms with E-state index in [1.807, 2.05) is 0 Å². The number of aliphatic imine (C=N–C) groups is 1. The van der Waals surface area contributed by atoms with Gasteiger partial charge < -0.3 is 15.4 Å². The van der Waals surface area contributed by atoms with Crippen molar-refractivity contribution in [3.8, 4) is 0 Å². The summed E-state index contributed by atoms with van der Waals surface area (Å²) in [5.74, 6) is 0.835. The van der Waals surface area contributed by atoms with Crippen molar-refractivity contribution in [2.45, 2.75) is 37.7 Å². The maximum Gasteiger partial charge on any atom is 0.191 e. The summed E-state index contributed by atoms with van der Waals surface area (Å²) in [5, 5.41) is 6.78. The van der Waals surface area contributed by atoms with Gasteiger partial charge in [0.05, 0.1) is 5.60 Å². The van der Waals surface area contributed by atoms with Crippen LogP contribution in [0.2, 0.25) is 0 Å². The first-order chi connectivity index (χ1) is 10.0. The molecule has 0 heterocycles. The lowest BCUT2D eigenvalue weighted by molar-refractivity contribution is 0.0268. The second kappa shape index (κ2) is 6.48. The molecule has 1 aromatic carbocycles. The molecule has 2 N–H and O–H groups in total. The molecule has 4 heteroatoms.